The van der Waals surface area contributed by atoms with Crippen LogP contribution < -0.4 is 0 Å². The summed E-state index contributed by atoms with van der Waals surface area (Å²) in [5.74, 6) is 0.449. The monoisotopic (exact) mass is 266 g/mol. The molecule has 3 heteroatoms. The van der Waals surface area contributed by atoms with Crippen LogP contribution in [0.25, 0.3) is 0 Å². The van der Waals surface area contributed by atoms with Crippen molar-refractivity contribution in [2.45, 2.75) is 51.2 Å². The molecule has 1 aliphatic carbocycles. The summed E-state index contributed by atoms with van der Waals surface area (Å²) < 4.78 is 19.0. The third-order valence-electron chi connectivity index (χ3n) is 4.52. The number of aliphatic hydroxyl groups is 1. The van der Waals surface area contributed by atoms with E-state index >= 15 is 0 Å². The van der Waals surface area contributed by atoms with Gasteiger partial charge in [-0.1, -0.05) is 19.1 Å². The number of hydrogen-bond acceptors (Lipinski definition) is 2. The molecular weight excluding hydrogens is 243 g/mol. The van der Waals surface area contributed by atoms with Crippen LogP contribution in [0.15, 0.2) is 18.2 Å². The van der Waals surface area contributed by atoms with Crippen molar-refractivity contribution in [3.63, 3.8) is 0 Å². The number of aryl methyl sites for hydroxylation is 1. The van der Waals surface area contributed by atoms with E-state index in [1.165, 1.54) is 6.07 Å². The molecule has 0 aromatic heterocycles. The van der Waals surface area contributed by atoms with Crippen LogP contribution in [0.5, 0.6) is 0 Å². The van der Waals surface area contributed by atoms with Crippen molar-refractivity contribution in [1.82, 2.24) is 0 Å². The molecule has 0 bridgehead atoms. The first-order chi connectivity index (χ1) is 8.98. The molecule has 0 heterocycles. The lowest BCUT2D eigenvalue weighted by Gasteiger charge is -2.42. The second-order valence-electron chi connectivity index (χ2n) is 5.86. The maximum atomic E-state index is 13.3. The summed E-state index contributed by atoms with van der Waals surface area (Å²) in [5, 5.41) is 10.6. The van der Waals surface area contributed by atoms with Gasteiger partial charge in [0.1, 0.15) is 11.9 Å². The number of ether oxygens (including phenoxy) is 1. The molecule has 2 rings (SSSR count). The predicted octanol–water partition coefficient (Wildman–Crippen LogP) is 3.76. The van der Waals surface area contributed by atoms with E-state index in [2.05, 4.69) is 6.92 Å². The first-order valence-electron chi connectivity index (χ1n) is 6.98. The third-order valence-corrected chi connectivity index (χ3v) is 4.52. The molecule has 1 aromatic carbocycles. The fraction of sp³-hybridized carbons (Fsp3) is 0.625. The van der Waals surface area contributed by atoms with E-state index in [9.17, 15) is 9.50 Å². The van der Waals surface area contributed by atoms with Gasteiger partial charge in [0.05, 0.1) is 5.60 Å². The maximum Gasteiger partial charge on any atom is 0.126 e. The minimum Gasteiger partial charge on any atom is -0.385 e. The lowest BCUT2D eigenvalue weighted by Crippen LogP contribution is -2.42. The maximum absolute atomic E-state index is 13.3. The van der Waals surface area contributed by atoms with Crippen LogP contribution in [0.1, 0.15) is 49.8 Å². The summed E-state index contributed by atoms with van der Waals surface area (Å²) in [6, 6.07) is 4.80. The Morgan fingerprint density at radius 1 is 1.37 bits per heavy atom. The molecule has 0 saturated heterocycles. The minimum atomic E-state index is -0.690. The molecule has 1 saturated carbocycles. The second-order valence-corrected chi connectivity index (χ2v) is 5.86. The molecular formula is C16H23FO2. The number of halogens is 1. The SMILES string of the molecule is COC1(C(O)c2ccc(F)c(C)c2)CCC(C)CC1. The largest absolute Gasteiger partial charge is 0.385 e. The summed E-state index contributed by atoms with van der Waals surface area (Å²) in [6.07, 6.45) is 3.13. The summed E-state index contributed by atoms with van der Waals surface area (Å²) in [7, 11) is 1.66. The van der Waals surface area contributed by atoms with Crippen molar-refractivity contribution in [3.8, 4) is 0 Å². The first-order valence-corrected chi connectivity index (χ1v) is 6.98. The van der Waals surface area contributed by atoms with Crippen molar-refractivity contribution in [1.29, 1.82) is 0 Å². The molecule has 1 fully saturated rings. The molecule has 19 heavy (non-hydrogen) atoms. The molecule has 1 unspecified atom stereocenters. The highest BCUT2D eigenvalue weighted by Gasteiger charge is 2.41. The van der Waals surface area contributed by atoms with E-state index < -0.39 is 11.7 Å². The van der Waals surface area contributed by atoms with Gasteiger partial charge in [0, 0.05) is 7.11 Å². The van der Waals surface area contributed by atoms with E-state index in [-0.39, 0.29) is 5.82 Å². The highest BCUT2D eigenvalue weighted by molar-refractivity contribution is 5.27. The van der Waals surface area contributed by atoms with E-state index in [0.29, 0.717) is 11.5 Å². The lowest BCUT2D eigenvalue weighted by molar-refractivity contribution is -0.130. The van der Waals surface area contributed by atoms with Gasteiger partial charge in [-0.2, -0.15) is 0 Å². The van der Waals surface area contributed by atoms with Gasteiger partial charge < -0.3 is 9.84 Å². The van der Waals surface area contributed by atoms with Crippen LogP contribution in [-0.4, -0.2) is 17.8 Å². The highest BCUT2D eigenvalue weighted by Crippen LogP contribution is 2.42. The summed E-state index contributed by atoms with van der Waals surface area (Å²) in [5.41, 5.74) is 0.791. The van der Waals surface area contributed by atoms with Crippen LogP contribution in [-0.2, 0) is 4.74 Å². The number of methoxy groups -OCH3 is 1. The van der Waals surface area contributed by atoms with Crippen LogP contribution in [0.2, 0.25) is 0 Å². The fourth-order valence-corrected chi connectivity index (χ4v) is 2.98. The Morgan fingerprint density at radius 3 is 2.53 bits per heavy atom. The average molecular weight is 266 g/mol. The number of aliphatic hydroxyl groups excluding tert-OH is 1. The molecule has 1 aliphatic rings. The van der Waals surface area contributed by atoms with E-state index in [0.717, 1.165) is 31.2 Å². The Kier molecular flexibility index (Phi) is 4.26. The Balaban J connectivity index is 2.25. The number of hydrogen-bond donors (Lipinski definition) is 1. The summed E-state index contributed by atoms with van der Waals surface area (Å²) >= 11 is 0. The molecule has 0 aliphatic heterocycles. The molecule has 2 nitrogen and oxygen atoms in total. The zero-order valence-electron chi connectivity index (χ0n) is 11.9. The predicted molar refractivity (Wildman–Crippen MR) is 73.5 cm³/mol. The van der Waals surface area contributed by atoms with E-state index in [1.54, 1.807) is 26.2 Å². The summed E-state index contributed by atoms with van der Waals surface area (Å²) in [4.78, 5) is 0. The second kappa shape index (κ2) is 5.59. The van der Waals surface area contributed by atoms with Gasteiger partial charge in [-0.3, -0.25) is 0 Å². The van der Waals surface area contributed by atoms with Crippen LogP contribution in [0.4, 0.5) is 4.39 Å². The topological polar surface area (TPSA) is 29.5 Å². The standard InChI is InChI=1S/C16H23FO2/c1-11-6-8-16(19-3,9-7-11)15(18)13-4-5-14(17)12(2)10-13/h4-5,10-11,15,18H,6-9H2,1-3H3. The van der Waals surface area contributed by atoms with Gasteiger partial charge in [0.25, 0.3) is 0 Å². The van der Waals surface area contributed by atoms with Crippen molar-refractivity contribution >= 4 is 0 Å². The quantitative estimate of drug-likeness (QED) is 0.902. The smallest absolute Gasteiger partial charge is 0.126 e. The fourth-order valence-electron chi connectivity index (χ4n) is 2.98. The van der Waals surface area contributed by atoms with Gasteiger partial charge in [0.15, 0.2) is 0 Å². The molecule has 1 N–H and O–H groups in total. The molecule has 0 amide bonds. The Hall–Kier alpha value is -0.930. The van der Waals surface area contributed by atoms with Crippen LogP contribution in [0.3, 0.4) is 0 Å². The van der Waals surface area contributed by atoms with Gasteiger partial charge in [-0.15, -0.1) is 0 Å². The van der Waals surface area contributed by atoms with Crippen molar-refractivity contribution in [2.75, 3.05) is 7.11 Å². The van der Waals surface area contributed by atoms with Crippen molar-refractivity contribution in [2.24, 2.45) is 5.92 Å². The first kappa shape index (κ1) is 14.5. The van der Waals surface area contributed by atoms with Gasteiger partial charge in [0.2, 0.25) is 0 Å². The third kappa shape index (κ3) is 2.82. The molecule has 106 valence electrons. The van der Waals surface area contributed by atoms with Crippen molar-refractivity contribution in [3.05, 3.63) is 35.1 Å². The zero-order valence-corrected chi connectivity index (χ0v) is 11.9. The average Bonchev–Trinajstić information content (AvgIpc) is 2.42. The van der Waals surface area contributed by atoms with Crippen LogP contribution in [0, 0.1) is 18.7 Å². The molecule has 0 radical (unpaired) electrons. The van der Waals surface area contributed by atoms with Crippen LogP contribution >= 0.6 is 0 Å². The van der Waals surface area contributed by atoms with Crippen molar-refractivity contribution < 1.29 is 14.2 Å². The molecule has 1 atom stereocenters. The highest BCUT2D eigenvalue weighted by atomic mass is 19.1. The minimum absolute atomic E-state index is 0.236. The molecule has 0 spiro atoms. The Labute approximate surface area is 114 Å². The van der Waals surface area contributed by atoms with E-state index in [4.69, 9.17) is 4.74 Å². The Bertz CT molecular complexity index is 436. The lowest BCUT2D eigenvalue weighted by atomic mass is 9.74. The summed E-state index contributed by atoms with van der Waals surface area (Å²) in [6.45, 7) is 3.95. The zero-order chi connectivity index (χ0) is 14.0. The number of benzene rings is 1. The van der Waals surface area contributed by atoms with Gasteiger partial charge >= 0.3 is 0 Å². The number of rotatable bonds is 3. The van der Waals surface area contributed by atoms with Gasteiger partial charge in [-0.05, 0) is 55.7 Å². The van der Waals surface area contributed by atoms with Gasteiger partial charge in [-0.25, -0.2) is 4.39 Å². The molecule has 1 aromatic rings. The Morgan fingerprint density at radius 2 is 2.00 bits per heavy atom. The normalized spacial score (nSPS) is 29.2. The van der Waals surface area contributed by atoms with E-state index in [1.807, 2.05) is 0 Å².